The number of allylic oxidation sites excluding steroid dienone is 4. The van der Waals surface area contributed by atoms with Crippen molar-refractivity contribution in [2.45, 2.75) is 200 Å². The van der Waals surface area contributed by atoms with Gasteiger partial charge < -0.3 is 13.9 Å². The molecule has 0 radical (unpaired) electrons. The van der Waals surface area contributed by atoms with Crippen molar-refractivity contribution in [3.63, 3.8) is 0 Å². The summed E-state index contributed by atoms with van der Waals surface area (Å²) >= 11 is 0. The van der Waals surface area contributed by atoms with Crippen molar-refractivity contribution in [3.05, 3.63) is 52.6 Å². The van der Waals surface area contributed by atoms with Crippen LogP contribution in [-0.2, 0) is 20.9 Å². The lowest BCUT2D eigenvalue weighted by molar-refractivity contribution is -0.145. The largest absolute Gasteiger partial charge is 0.462 e. The average Bonchev–Trinajstić information content (AvgIpc) is 3.08. The van der Waals surface area contributed by atoms with Gasteiger partial charge in [0.1, 0.15) is 18.6 Å². The molecular formula is C42H70O6. The molecule has 0 atom stereocenters. The third-order valence-corrected chi connectivity index (χ3v) is 8.74. The molecule has 1 aromatic rings. The monoisotopic (exact) mass is 671 g/mol. The van der Waals surface area contributed by atoms with Gasteiger partial charge in [0.2, 0.25) is 11.2 Å². The molecule has 48 heavy (non-hydrogen) atoms. The smallest absolute Gasteiger partial charge is 0.311 e. The summed E-state index contributed by atoms with van der Waals surface area (Å²) in [5, 5.41) is 0. The number of rotatable bonds is 33. The zero-order chi connectivity index (χ0) is 34.8. The molecule has 0 aromatic carbocycles. The Labute approximate surface area is 293 Å². The lowest BCUT2D eigenvalue weighted by atomic mass is 10.1. The first-order valence-corrected chi connectivity index (χ1v) is 19.8. The van der Waals surface area contributed by atoms with Crippen molar-refractivity contribution in [3.8, 4) is 5.75 Å². The van der Waals surface area contributed by atoms with E-state index in [1.807, 2.05) is 0 Å². The van der Waals surface area contributed by atoms with E-state index in [1.165, 1.54) is 122 Å². The maximum Gasteiger partial charge on any atom is 0.311 e. The Morgan fingerprint density at radius 3 is 1.40 bits per heavy atom. The first-order valence-electron chi connectivity index (χ1n) is 19.8. The molecule has 0 saturated heterocycles. The summed E-state index contributed by atoms with van der Waals surface area (Å²) in [6, 6.07) is 1.22. The lowest BCUT2D eigenvalue weighted by Crippen LogP contribution is -2.15. The maximum absolute atomic E-state index is 12.4. The van der Waals surface area contributed by atoms with Crippen LogP contribution in [0.25, 0.3) is 0 Å². The lowest BCUT2D eigenvalue weighted by Gasteiger charge is -2.06. The van der Waals surface area contributed by atoms with Crippen molar-refractivity contribution < 1.29 is 23.5 Å². The molecule has 1 heterocycles. The summed E-state index contributed by atoms with van der Waals surface area (Å²) < 4.78 is 15.9. The van der Waals surface area contributed by atoms with Crippen molar-refractivity contribution in [1.29, 1.82) is 0 Å². The number of carbonyl (C=O) groups excluding carboxylic acids is 2. The SMILES string of the molecule is CCCCCCC/C=C/CCCCCCCCC(=O)Oc1coc(COC(=O)CCCCCCC/C=C/CCCCCCCC)cc1=O. The van der Waals surface area contributed by atoms with Crippen LogP contribution in [0.3, 0.4) is 0 Å². The quantitative estimate of drug-likeness (QED) is 0.0420. The minimum atomic E-state index is -0.455. The van der Waals surface area contributed by atoms with Crippen LogP contribution in [0.15, 0.2) is 45.8 Å². The van der Waals surface area contributed by atoms with Crippen LogP contribution in [0.2, 0.25) is 0 Å². The van der Waals surface area contributed by atoms with Crippen molar-refractivity contribution in [1.82, 2.24) is 0 Å². The van der Waals surface area contributed by atoms with Gasteiger partial charge in [-0.3, -0.25) is 14.4 Å². The van der Waals surface area contributed by atoms with Crippen LogP contribution >= 0.6 is 0 Å². The van der Waals surface area contributed by atoms with E-state index in [-0.39, 0.29) is 30.5 Å². The van der Waals surface area contributed by atoms with E-state index < -0.39 is 11.4 Å². The highest BCUT2D eigenvalue weighted by Gasteiger charge is 2.12. The van der Waals surface area contributed by atoms with Crippen molar-refractivity contribution in [2.24, 2.45) is 0 Å². The van der Waals surface area contributed by atoms with Gasteiger partial charge in [0.05, 0.1) is 0 Å². The van der Waals surface area contributed by atoms with Crippen LogP contribution in [0.1, 0.15) is 199 Å². The third-order valence-electron chi connectivity index (χ3n) is 8.74. The molecule has 1 rings (SSSR count). The Morgan fingerprint density at radius 1 is 0.562 bits per heavy atom. The Bertz CT molecular complexity index is 1020. The predicted molar refractivity (Wildman–Crippen MR) is 199 cm³/mol. The molecule has 0 unspecified atom stereocenters. The number of ether oxygens (including phenoxy) is 2. The molecule has 1 aromatic heterocycles. The average molecular weight is 671 g/mol. The highest BCUT2D eigenvalue weighted by Crippen LogP contribution is 2.14. The van der Waals surface area contributed by atoms with E-state index in [0.717, 1.165) is 57.6 Å². The molecule has 6 heteroatoms. The Balaban J connectivity index is 2.02. The second-order valence-electron chi connectivity index (χ2n) is 13.4. The first-order chi connectivity index (χ1) is 23.6. The molecule has 0 spiro atoms. The topological polar surface area (TPSA) is 82.8 Å². The number of unbranched alkanes of at least 4 members (excludes halogenated alkanes) is 22. The highest BCUT2D eigenvalue weighted by atomic mass is 16.6. The van der Waals surface area contributed by atoms with Gasteiger partial charge in [-0.05, 0) is 64.2 Å². The highest BCUT2D eigenvalue weighted by molar-refractivity contribution is 5.72. The van der Waals surface area contributed by atoms with E-state index in [9.17, 15) is 14.4 Å². The van der Waals surface area contributed by atoms with Crippen LogP contribution in [-0.4, -0.2) is 11.9 Å². The molecule has 0 amide bonds. The zero-order valence-electron chi connectivity index (χ0n) is 30.9. The fraction of sp³-hybridized carbons (Fsp3) is 0.738. The summed E-state index contributed by atoms with van der Waals surface area (Å²) in [7, 11) is 0. The van der Waals surface area contributed by atoms with E-state index in [0.29, 0.717) is 6.42 Å². The Morgan fingerprint density at radius 2 is 0.958 bits per heavy atom. The van der Waals surface area contributed by atoms with Crippen molar-refractivity contribution >= 4 is 11.9 Å². The number of hydrogen-bond acceptors (Lipinski definition) is 6. The molecule has 0 saturated carbocycles. The minimum absolute atomic E-state index is 0.108. The zero-order valence-corrected chi connectivity index (χ0v) is 30.9. The summed E-state index contributed by atoms with van der Waals surface area (Å²) in [5.41, 5.74) is -0.455. The Kier molecular flexibility index (Phi) is 29.7. The standard InChI is InChI=1S/C42H70O6/c1-3-5-7-9-11-13-15-17-19-21-23-25-27-29-31-33-41(44)47-36-38-35-39(43)40(37-46-38)48-42(45)34-32-30-28-26-24-22-20-18-16-14-12-10-8-6-4-2/h16-19,35,37H,3-15,20-34,36H2,1-2H3/b18-16+,19-17+. The summed E-state index contributed by atoms with van der Waals surface area (Å²) in [4.78, 5) is 36.7. The van der Waals surface area contributed by atoms with Gasteiger partial charge in [0, 0.05) is 18.9 Å². The minimum Gasteiger partial charge on any atom is -0.462 e. The first kappa shape index (κ1) is 43.4. The summed E-state index contributed by atoms with van der Waals surface area (Å²) in [6.45, 7) is 4.40. The molecule has 274 valence electrons. The molecule has 0 aliphatic heterocycles. The molecule has 6 nitrogen and oxygen atoms in total. The van der Waals surface area contributed by atoms with Gasteiger partial charge in [0.15, 0.2) is 0 Å². The molecule has 0 bridgehead atoms. The Hall–Kier alpha value is -2.63. The van der Waals surface area contributed by atoms with Crippen molar-refractivity contribution in [2.75, 3.05) is 0 Å². The fourth-order valence-corrected chi connectivity index (χ4v) is 5.67. The van der Waals surface area contributed by atoms with Crippen LogP contribution in [0.5, 0.6) is 5.75 Å². The number of hydrogen-bond donors (Lipinski definition) is 0. The van der Waals surface area contributed by atoms with Gasteiger partial charge >= 0.3 is 11.9 Å². The second kappa shape index (κ2) is 32.9. The van der Waals surface area contributed by atoms with Crippen LogP contribution in [0, 0.1) is 0 Å². The molecular weight excluding hydrogens is 600 g/mol. The van der Waals surface area contributed by atoms with Crippen LogP contribution < -0.4 is 10.2 Å². The van der Waals surface area contributed by atoms with Gasteiger partial charge in [-0.15, -0.1) is 0 Å². The predicted octanol–water partition coefficient (Wildman–Crippen LogP) is 12.7. The molecule has 0 N–H and O–H groups in total. The second-order valence-corrected chi connectivity index (χ2v) is 13.4. The fourth-order valence-electron chi connectivity index (χ4n) is 5.67. The van der Waals surface area contributed by atoms with Gasteiger partial charge in [-0.1, -0.05) is 141 Å². The molecule has 0 aliphatic carbocycles. The van der Waals surface area contributed by atoms with E-state index in [1.54, 1.807) is 0 Å². The summed E-state index contributed by atoms with van der Waals surface area (Å²) in [5.74, 6) is -0.625. The maximum atomic E-state index is 12.4. The normalized spacial score (nSPS) is 11.5. The van der Waals surface area contributed by atoms with Gasteiger partial charge in [-0.25, -0.2) is 0 Å². The third kappa shape index (κ3) is 27.3. The molecule has 0 fully saturated rings. The molecule has 0 aliphatic rings. The van der Waals surface area contributed by atoms with Crippen LogP contribution in [0.4, 0.5) is 0 Å². The number of esters is 2. The van der Waals surface area contributed by atoms with Gasteiger partial charge in [0.25, 0.3) is 0 Å². The van der Waals surface area contributed by atoms with E-state index >= 15 is 0 Å². The summed E-state index contributed by atoms with van der Waals surface area (Å²) in [6.07, 6.45) is 42.2. The van der Waals surface area contributed by atoms with Gasteiger partial charge in [-0.2, -0.15) is 0 Å². The number of carbonyl (C=O) groups is 2. The van der Waals surface area contributed by atoms with E-state index in [4.69, 9.17) is 13.9 Å². The van der Waals surface area contributed by atoms with E-state index in [2.05, 4.69) is 38.2 Å².